The Balaban J connectivity index is 1.60. The number of hydrogen-bond acceptors (Lipinski definition) is 9. The lowest BCUT2D eigenvalue weighted by Gasteiger charge is -2.29. The molecule has 0 bridgehead atoms. The van der Waals surface area contributed by atoms with Crippen LogP contribution in [0, 0.1) is 0 Å². The van der Waals surface area contributed by atoms with Gasteiger partial charge in [-0.1, -0.05) is 66.7 Å². The van der Waals surface area contributed by atoms with Gasteiger partial charge in [-0.3, -0.25) is 19.2 Å². The van der Waals surface area contributed by atoms with Crippen molar-refractivity contribution in [2.24, 2.45) is 0 Å². The summed E-state index contributed by atoms with van der Waals surface area (Å²) in [5, 5.41) is 0. The number of alkyl halides is 3. The van der Waals surface area contributed by atoms with E-state index >= 15 is 0 Å². The number of carbonyl (C=O) groups is 5. The van der Waals surface area contributed by atoms with Crippen molar-refractivity contribution in [1.29, 1.82) is 0 Å². The maximum absolute atomic E-state index is 13.5. The van der Waals surface area contributed by atoms with E-state index in [1.165, 1.54) is 67.5 Å². The Morgan fingerprint density at radius 1 is 0.673 bits per heavy atom. The summed E-state index contributed by atoms with van der Waals surface area (Å²) >= 11 is 0. The zero-order valence-corrected chi connectivity index (χ0v) is 28.8. The summed E-state index contributed by atoms with van der Waals surface area (Å²) in [5.41, 5.74) is -1.89. The molecule has 0 aliphatic heterocycles. The van der Waals surface area contributed by atoms with Crippen LogP contribution in [0.1, 0.15) is 51.3 Å². The number of carbonyl (C=O) groups excluding carboxylic acids is 5. The van der Waals surface area contributed by atoms with Gasteiger partial charge in [-0.2, -0.15) is 13.2 Å². The van der Waals surface area contributed by atoms with Crippen LogP contribution >= 0.6 is 0 Å². The fourth-order valence-corrected chi connectivity index (χ4v) is 5.25. The molecule has 0 atom stereocenters. The predicted octanol–water partition coefficient (Wildman–Crippen LogP) is 6.44. The summed E-state index contributed by atoms with van der Waals surface area (Å²) < 4.78 is 61.0. The Hall–Kier alpha value is -5.98. The second-order valence-corrected chi connectivity index (χ2v) is 11.6. The van der Waals surface area contributed by atoms with Gasteiger partial charge in [0.2, 0.25) is 5.41 Å². The molecule has 1 amide bonds. The van der Waals surface area contributed by atoms with Crippen molar-refractivity contribution in [3.05, 3.63) is 125 Å². The zero-order valence-electron chi connectivity index (χ0n) is 28.8. The molecule has 0 fully saturated rings. The Kier molecular flexibility index (Phi) is 12.6. The second-order valence-electron chi connectivity index (χ2n) is 11.6. The van der Waals surface area contributed by atoms with Crippen LogP contribution in [-0.4, -0.2) is 68.6 Å². The third-order valence-corrected chi connectivity index (χ3v) is 7.87. The van der Waals surface area contributed by atoms with E-state index in [2.05, 4.69) is 0 Å². The van der Waals surface area contributed by atoms with Crippen molar-refractivity contribution >= 4 is 29.8 Å². The lowest BCUT2D eigenvalue weighted by Crippen LogP contribution is -2.50. The number of hydrogen-bond donors (Lipinski definition) is 0. The lowest BCUT2D eigenvalue weighted by molar-refractivity contribution is -0.170. The van der Waals surface area contributed by atoms with Gasteiger partial charge in [0.1, 0.15) is 12.4 Å². The van der Waals surface area contributed by atoms with Crippen molar-refractivity contribution in [2.75, 3.05) is 33.9 Å². The van der Waals surface area contributed by atoms with Gasteiger partial charge in [-0.15, -0.1) is 0 Å². The average molecular weight is 720 g/mol. The normalized spacial score (nSPS) is 11.3. The quantitative estimate of drug-likeness (QED) is 0.0664. The first-order chi connectivity index (χ1) is 24.7. The lowest BCUT2D eigenvalue weighted by atomic mass is 9.81. The molecule has 0 unspecified atom stereocenters. The first-order valence-corrected chi connectivity index (χ1v) is 16.1. The van der Waals surface area contributed by atoms with Gasteiger partial charge in [-0.05, 0) is 66.4 Å². The van der Waals surface area contributed by atoms with Crippen molar-refractivity contribution in [1.82, 2.24) is 4.90 Å². The summed E-state index contributed by atoms with van der Waals surface area (Å²) in [7, 11) is 2.95. The van der Waals surface area contributed by atoms with Gasteiger partial charge < -0.3 is 23.8 Å². The van der Waals surface area contributed by atoms with Crippen LogP contribution in [0.5, 0.6) is 5.75 Å². The highest BCUT2D eigenvalue weighted by atomic mass is 19.4. The van der Waals surface area contributed by atoms with Crippen molar-refractivity contribution in [3.63, 3.8) is 0 Å². The number of rotatable bonds is 13. The minimum Gasteiger partial charge on any atom is -0.465 e. The Morgan fingerprint density at radius 3 is 1.85 bits per heavy atom. The molecule has 0 saturated carbocycles. The first-order valence-electron chi connectivity index (χ1n) is 16.1. The molecule has 0 aromatic heterocycles. The van der Waals surface area contributed by atoms with Gasteiger partial charge in [0.15, 0.2) is 0 Å². The van der Waals surface area contributed by atoms with Gasteiger partial charge >= 0.3 is 30.1 Å². The zero-order chi connectivity index (χ0) is 38.1. The van der Waals surface area contributed by atoms with Crippen LogP contribution in [0.25, 0.3) is 11.1 Å². The molecular weight excluding hydrogens is 683 g/mol. The monoisotopic (exact) mass is 719 g/mol. The van der Waals surface area contributed by atoms with Crippen LogP contribution < -0.4 is 4.74 Å². The van der Waals surface area contributed by atoms with Gasteiger partial charge in [0.05, 0.1) is 36.3 Å². The molecule has 52 heavy (non-hydrogen) atoms. The predicted molar refractivity (Wildman–Crippen MR) is 182 cm³/mol. The molecule has 0 radical (unpaired) electrons. The van der Waals surface area contributed by atoms with E-state index in [0.717, 1.165) is 12.1 Å². The van der Waals surface area contributed by atoms with Crippen LogP contribution in [0.15, 0.2) is 97.1 Å². The number of esters is 4. The van der Waals surface area contributed by atoms with E-state index in [9.17, 15) is 37.1 Å². The third kappa shape index (κ3) is 8.84. The minimum absolute atomic E-state index is 0.0308. The highest BCUT2D eigenvalue weighted by Gasteiger charge is 2.52. The summed E-state index contributed by atoms with van der Waals surface area (Å²) in [6.45, 7) is 2.29. The number of nitrogens with zero attached hydrogens (tertiary/aromatic N) is 1. The molecule has 4 rings (SSSR count). The first kappa shape index (κ1) is 38.8. The number of ether oxygens (including phenoxy) is 4. The summed E-state index contributed by atoms with van der Waals surface area (Å²) in [4.78, 5) is 67.7. The van der Waals surface area contributed by atoms with Crippen LogP contribution in [0.2, 0.25) is 0 Å². The molecule has 0 aliphatic rings. The van der Waals surface area contributed by atoms with E-state index in [0.29, 0.717) is 11.1 Å². The molecule has 0 N–H and O–H groups in total. The third-order valence-electron chi connectivity index (χ3n) is 7.87. The van der Waals surface area contributed by atoms with Crippen molar-refractivity contribution in [3.8, 4) is 16.9 Å². The number of halogens is 3. The van der Waals surface area contributed by atoms with Crippen molar-refractivity contribution in [2.45, 2.75) is 31.9 Å². The maximum Gasteiger partial charge on any atom is 0.416 e. The molecule has 4 aromatic rings. The molecule has 272 valence electrons. The average Bonchev–Trinajstić information content (AvgIpc) is 3.12. The van der Waals surface area contributed by atoms with E-state index in [-0.39, 0.29) is 41.2 Å². The Morgan fingerprint density at radius 2 is 1.27 bits per heavy atom. The SMILES string of the molecule is CCOC(=O)C(COC(=O)Cc1ccc(OC(=O)c2ccccc2-c2ccc(C(F)(F)F)cc2)c(C(=O)N(C)C)c1)(C(=O)OCC)c1ccccc1. The highest BCUT2D eigenvalue weighted by molar-refractivity contribution is 6.07. The molecule has 4 aromatic carbocycles. The molecule has 0 heterocycles. The topological polar surface area (TPSA) is 126 Å². The van der Waals surface area contributed by atoms with Crippen LogP contribution in [0.3, 0.4) is 0 Å². The fraction of sp³-hybridized carbons (Fsp3) is 0.256. The van der Waals surface area contributed by atoms with Crippen LogP contribution in [0.4, 0.5) is 13.2 Å². The second kappa shape index (κ2) is 16.8. The smallest absolute Gasteiger partial charge is 0.416 e. The molecule has 0 saturated heterocycles. The van der Waals surface area contributed by atoms with E-state index in [4.69, 9.17) is 18.9 Å². The summed E-state index contributed by atoms with van der Waals surface area (Å²) in [6, 6.07) is 22.5. The molecule has 0 aliphatic carbocycles. The molecule has 13 heteroatoms. The summed E-state index contributed by atoms with van der Waals surface area (Å²) in [6.07, 6.45) is -4.94. The fourth-order valence-electron chi connectivity index (χ4n) is 5.25. The Bertz CT molecular complexity index is 1910. The number of benzene rings is 4. The Labute approximate surface area is 298 Å². The van der Waals surface area contributed by atoms with E-state index in [1.54, 1.807) is 50.2 Å². The summed E-state index contributed by atoms with van der Waals surface area (Å²) in [5.74, 6) is -4.37. The van der Waals surface area contributed by atoms with Crippen molar-refractivity contribution < 1.29 is 56.1 Å². The van der Waals surface area contributed by atoms with E-state index < -0.39 is 60.0 Å². The molecular formula is C39H36F3NO9. The van der Waals surface area contributed by atoms with Gasteiger partial charge in [0, 0.05) is 14.1 Å². The standard InChI is InChI=1S/C39H36F3NO9/c1-5-49-36(47)38(37(48)50-6-2,27-12-8-7-9-13-27)24-51-33(44)23-25-16-21-32(31(22-25)34(45)43(3)4)52-35(46)30-15-11-10-14-29(30)26-17-19-28(20-18-26)39(40,41)42/h7-22H,5-6,23-24H2,1-4H3. The van der Waals surface area contributed by atoms with Gasteiger partial charge in [0.25, 0.3) is 5.91 Å². The minimum atomic E-state index is -4.53. The van der Waals surface area contributed by atoms with Crippen LogP contribution in [-0.2, 0) is 46.6 Å². The highest BCUT2D eigenvalue weighted by Crippen LogP contribution is 2.33. The van der Waals surface area contributed by atoms with Gasteiger partial charge in [-0.25, -0.2) is 4.79 Å². The largest absolute Gasteiger partial charge is 0.465 e. The molecule has 10 nitrogen and oxygen atoms in total. The maximum atomic E-state index is 13.5. The number of amides is 1. The molecule has 0 spiro atoms. The van der Waals surface area contributed by atoms with E-state index in [1.807, 2.05) is 0 Å².